The molecule has 0 aliphatic carbocycles. The molecule has 0 saturated carbocycles. The molecule has 0 bridgehead atoms. The first-order valence-corrected chi connectivity index (χ1v) is 6.24. The standard InChI is InChI=1S/C15H14N2O6/c1-21-13(18)7-12(15(20)23-3)17-10-5-4-9(8-16)11(6-10)14(19)22-2/h4-7,17H,1-3H3/b12-7+. The van der Waals surface area contributed by atoms with Gasteiger partial charge in [-0.3, -0.25) is 0 Å². The van der Waals surface area contributed by atoms with Gasteiger partial charge in [0.1, 0.15) is 11.8 Å². The van der Waals surface area contributed by atoms with Crippen LogP contribution >= 0.6 is 0 Å². The highest BCUT2D eigenvalue weighted by Crippen LogP contribution is 2.18. The molecule has 8 nitrogen and oxygen atoms in total. The number of hydrogen-bond acceptors (Lipinski definition) is 8. The predicted molar refractivity (Wildman–Crippen MR) is 78.2 cm³/mol. The summed E-state index contributed by atoms with van der Waals surface area (Å²) in [6.45, 7) is 0. The monoisotopic (exact) mass is 318 g/mol. The molecule has 1 N–H and O–H groups in total. The maximum absolute atomic E-state index is 11.7. The Bertz CT molecular complexity index is 702. The van der Waals surface area contributed by atoms with Gasteiger partial charge < -0.3 is 19.5 Å². The fourth-order valence-corrected chi connectivity index (χ4v) is 1.59. The van der Waals surface area contributed by atoms with Gasteiger partial charge in [-0.1, -0.05) is 0 Å². The predicted octanol–water partition coefficient (Wildman–Crippen LogP) is 0.987. The van der Waals surface area contributed by atoms with E-state index in [1.807, 2.05) is 6.07 Å². The van der Waals surface area contributed by atoms with E-state index in [1.165, 1.54) is 25.3 Å². The van der Waals surface area contributed by atoms with Crippen molar-refractivity contribution in [2.75, 3.05) is 26.6 Å². The summed E-state index contributed by atoms with van der Waals surface area (Å²) in [5, 5.41) is 11.6. The van der Waals surface area contributed by atoms with Crippen molar-refractivity contribution < 1.29 is 28.6 Å². The van der Waals surface area contributed by atoms with Crippen LogP contribution in [0.25, 0.3) is 0 Å². The van der Waals surface area contributed by atoms with Gasteiger partial charge in [0.2, 0.25) is 0 Å². The minimum Gasteiger partial charge on any atom is -0.466 e. The van der Waals surface area contributed by atoms with Crippen LogP contribution in [0, 0.1) is 11.3 Å². The Balaban J connectivity index is 3.22. The maximum Gasteiger partial charge on any atom is 0.354 e. The van der Waals surface area contributed by atoms with E-state index in [1.54, 1.807) is 0 Å². The molecule has 0 aliphatic rings. The van der Waals surface area contributed by atoms with Gasteiger partial charge in [0, 0.05) is 5.69 Å². The van der Waals surface area contributed by atoms with Gasteiger partial charge in [-0.15, -0.1) is 0 Å². The Morgan fingerprint density at radius 3 is 2.35 bits per heavy atom. The lowest BCUT2D eigenvalue weighted by atomic mass is 10.1. The van der Waals surface area contributed by atoms with E-state index in [0.29, 0.717) is 0 Å². The second kappa shape index (κ2) is 8.19. The summed E-state index contributed by atoms with van der Waals surface area (Å²) in [5.74, 6) is -2.28. The highest BCUT2D eigenvalue weighted by Gasteiger charge is 2.16. The van der Waals surface area contributed by atoms with E-state index >= 15 is 0 Å². The lowest BCUT2D eigenvalue weighted by Gasteiger charge is -2.10. The normalized spacial score (nSPS) is 10.3. The summed E-state index contributed by atoms with van der Waals surface area (Å²) in [6.07, 6.45) is 0.905. The van der Waals surface area contributed by atoms with Crippen molar-refractivity contribution in [2.45, 2.75) is 0 Å². The molecule has 8 heteroatoms. The van der Waals surface area contributed by atoms with Crippen LogP contribution in [0.3, 0.4) is 0 Å². The highest BCUT2D eigenvalue weighted by molar-refractivity contribution is 5.99. The molecule has 120 valence electrons. The summed E-state index contributed by atoms with van der Waals surface area (Å²) in [4.78, 5) is 34.6. The fraction of sp³-hybridized carbons (Fsp3) is 0.200. The Morgan fingerprint density at radius 2 is 1.83 bits per heavy atom. The second-order valence-electron chi connectivity index (χ2n) is 4.06. The average molecular weight is 318 g/mol. The van der Waals surface area contributed by atoms with Crippen molar-refractivity contribution in [1.82, 2.24) is 0 Å². The topological polar surface area (TPSA) is 115 Å². The molecule has 0 atom stereocenters. The van der Waals surface area contributed by atoms with E-state index in [0.717, 1.165) is 20.3 Å². The van der Waals surface area contributed by atoms with Crippen molar-refractivity contribution in [1.29, 1.82) is 5.26 Å². The van der Waals surface area contributed by atoms with Crippen LogP contribution in [0.5, 0.6) is 0 Å². The van der Waals surface area contributed by atoms with E-state index < -0.39 is 17.9 Å². The lowest BCUT2D eigenvalue weighted by Crippen LogP contribution is -2.16. The minimum atomic E-state index is -0.806. The SMILES string of the molecule is COC(=O)/C=C(/Nc1ccc(C#N)c(C(=O)OC)c1)C(=O)OC. The van der Waals surface area contributed by atoms with Crippen LogP contribution < -0.4 is 5.32 Å². The molecule has 1 rings (SSSR count). The van der Waals surface area contributed by atoms with Crippen LogP contribution in [0.4, 0.5) is 5.69 Å². The quantitative estimate of drug-likeness (QED) is 0.485. The van der Waals surface area contributed by atoms with Crippen LogP contribution in [0.2, 0.25) is 0 Å². The number of rotatable bonds is 5. The minimum absolute atomic E-state index is 0.0160. The van der Waals surface area contributed by atoms with Gasteiger partial charge >= 0.3 is 17.9 Å². The summed E-state index contributed by atoms with van der Waals surface area (Å²) >= 11 is 0. The zero-order valence-electron chi connectivity index (χ0n) is 12.7. The summed E-state index contributed by atoms with van der Waals surface area (Å²) in [5.41, 5.74) is 0.214. The number of ether oxygens (including phenoxy) is 3. The molecular weight excluding hydrogens is 304 g/mol. The van der Waals surface area contributed by atoms with E-state index in [2.05, 4.69) is 19.5 Å². The molecule has 0 aromatic heterocycles. The Labute approximate surface area is 132 Å². The number of hydrogen-bond donors (Lipinski definition) is 1. The molecule has 0 saturated heterocycles. The zero-order chi connectivity index (χ0) is 17.4. The van der Waals surface area contributed by atoms with Crippen molar-refractivity contribution in [3.8, 4) is 6.07 Å². The molecule has 0 aliphatic heterocycles. The Morgan fingerprint density at radius 1 is 1.13 bits per heavy atom. The van der Waals surface area contributed by atoms with Crippen LogP contribution in [0.1, 0.15) is 15.9 Å². The second-order valence-corrected chi connectivity index (χ2v) is 4.06. The molecule has 0 unspecified atom stereocenters. The van der Waals surface area contributed by atoms with E-state index in [9.17, 15) is 14.4 Å². The third-order valence-corrected chi connectivity index (χ3v) is 2.69. The van der Waals surface area contributed by atoms with Gasteiger partial charge in [0.15, 0.2) is 0 Å². The fourth-order valence-electron chi connectivity index (χ4n) is 1.59. The zero-order valence-corrected chi connectivity index (χ0v) is 12.7. The highest BCUT2D eigenvalue weighted by atomic mass is 16.5. The maximum atomic E-state index is 11.7. The number of methoxy groups -OCH3 is 3. The van der Waals surface area contributed by atoms with Crippen LogP contribution in [-0.4, -0.2) is 39.2 Å². The number of benzene rings is 1. The number of carbonyl (C=O) groups is 3. The van der Waals surface area contributed by atoms with Crippen molar-refractivity contribution in [3.05, 3.63) is 41.1 Å². The molecule has 0 fully saturated rings. The Kier molecular flexibility index (Phi) is 6.30. The van der Waals surface area contributed by atoms with E-state index in [-0.39, 0.29) is 22.5 Å². The molecule has 0 amide bonds. The number of anilines is 1. The number of carbonyl (C=O) groups excluding carboxylic acids is 3. The number of nitrogens with zero attached hydrogens (tertiary/aromatic N) is 1. The van der Waals surface area contributed by atoms with Gasteiger partial charge in [-0.25, -0.2) is 14.4 Å². The molecule has 0 heterocycles. The number of nitrogens with one attached hydrogen (secondary N) is 1. The third-order valence-electron chi connectivity index (χ3n) is 2.69. The average Bonchev–Trinajstić information content (AvgIpc) is 2.59. The van der Waals surface area contributed by atoms with Crippen LogP contribution in [-0.2, 0) is 23.8 Å². The molecule has 0 radical (unpaired) electrons. The molecule has 23 heavy (non-hydrogen) atoms. The van der Waals surface area contributed by atoms with Gasteiger partial charge in [0.05, 0.1) is 38.5 Å². The third kappa shape index (κ3) is 4.57. The largest absolute Gasteiger partial charge is 0.466 e. The van der Waals surface area contributed by atoms with E-state index in [4.69, 9.17) is 5.26 Å². The molecule has 1 aromatic rings. The molecule has 0 spiro atoms. The van der Waals surface area contributed by atoms with Crippen molar-refractivity contribution in [2.24, 2.45) is 0 Å². The van der Waals surface area contributed by atoms with Crippen molar-refractivity contribution in [3.63, 3.8) is 0 Å². The smallest absolute Gasteiger partial charge is 0.354 e. The van der Waals surface area contributed by atoms with Gasteiger partial charge in [-0.05, 0) is 18.2 Å². The summed E-state index contributed by atoms with van der Waals surface area (Å²) in [7, 11) is 3.49. The first-order valence-electron chi connectivity index (χ1n) is 6.24. The Hall–Kier alpha value is -3.34. The number of nitriles is 1. The number of esters is 3. The molecule has 1 aromatic carbocycles. The first-order chi connectivity index (χ1) is 11.0. The van der Waals surface area contributed by atoms with Gasteiger partial charge in [-0.2, -0.15) is 5.26 Å². The summed E-state index contributed by atoms with van der Waals surface area (Å²) in [6, 6.07) is 6.01. The van der Waals surface area contributed by atoms with Gasteiger partial charge in [0.25, 0.3) is 0 Å². The summed E-state index contributed by atoms with van der Waals surface area (Å²) < 4.78 is 13.6. The van der Waals surface area contributed by atoms with Crippen molar-refractivity contribution >= 4 is 23.6 Å². The lowest BCUT2D eigenvalue weighted by molar-refractivity contribution is -0.138. The van der Waals surface area contributed by atoms with Crippen LogP contribution in [0.15, 0.2) is 30.0 Å². The molecular formula is C15H14N2O6. The first kappa shape index (κ1) is 17.7.